The van der Waals surface area contributed by atoms with Crippen LogP contribution in [0.2, 0.25) is 0 Å². The Hall–Kier alpha value is -0.120. The lowest BCUT2D eigenvalue weighted by Gasteiger charge is -2.44. The van der Waals surface area contributed by atoms with E-state index in [2.05, 4.69) is 31.0 Å². The van der Waals surface area contributed by atoms with E-state index in [-0.39, 0.29) is 12.1 Å². The van der Waals surface area contributed by atoms with Crippen molar-refractivity contribution in [3.63, 3.8) is 0 Å². The molecule has 1 aliphatic heterocycles. The number of rotatable bonds is 6. The fourth-order valence-electron chi connectivity index (χ4n) is 2.40. The zero-order chi connectivity index (χ0) is 12.0. The molecule has 1 atom stereocenters. The molecule has 0 saturated carbocycles. The van der Waals surface area contributed by atoms with Crippen molar-refractivity contribution in [1.29, 1.82) is 0 Å². The third-order valence-corrected chi connectivity index (χ3v) is 3.44. The van der Waals surface area contributed by atoms with E-state index in [9.17, 15) is 5.11 Å². The lowest BCUT2D eigenvalue weighted by Crippen LogP contribution is -2.62. The zero-order valence-corrected chi connectivity index (χ0v) is 11.1. The Bertz CT molecular complexity index is 194. The predicted molar refractivity (Wildman–Crippen MR) is 68.7 cm³/mol. The largest absolute Gasteiger partial charge is 0.395 e. The normalized spacial score (nSPS) is 25.9. The molecule has 0 radical (unpaired) electrons. The van der Waals surface area contributed by atoms with Gasteiger partial charge >= 0.3 is 0 Å². The molecule has 1 saturated heterocycles. The standard InChI is InChI=1S/C13H28N2O/c1-4-5-6-7-8-15-11-13(2,3)14-9-12(15)10-16/h12,14,16H,4-11H2,1-3H3. The molecule has 1 unspecified atom stereocenters. The average molecular weight is 228 g/mol. The fraction of sp³-hybridized carbons (Fsp3) is 1.00. The molecule has 0 aromatic heterocycles. The summed E-state index contributed by atoms with van der Waals surface area (Å²) in [6.45, 7) is 10.1. The first kappa shape index (κ1) is 13.9. The summed E-state index contributed by atoms with van der Waals surface area (Å²) in [6.07, 6.45) is 5.20. The molecule has 1 heterocycles. The molecule has 0 aromatic rings. The van der Waals surface area contributed by atoms with Gasteiger partial charge in [0.2, 0.25) is 0 Å². The van der Waals surface area contributed by atoms with Crippen molar-refractivity contribution >= 4 is 0 Å². The summed E-state index contributed by atoms with van der Waals surface area (Å²) in [5.74, 6) is 0. The molecular formula is C13H28N2O. The van der Waals surface area contributed by atoms with Gasteiger partial charge in [-0.15, -0.1) is 0 Å². The van der Waals surface area contributed by atoms with Gasteiger partial charge in [0.15, 0.2) is 0 Å². The van der Waals surface area contributed by atoms with Crippen LogP contribution in [0.25, 0.3) is 0 Å². The van der Waals surface area contributed by atoms with Crippen LogP contribution in [0, 0.1) is 0 Å². The van der Waals surface area contributed by atoms with E-state index in [1.165, 1.54) is 25.7 Å². The van der Waals surface area contributed by atoms with Gasteiger partial charge < -0.3 is 10.4 Å². The number of hydrogen-bond acceptors (Lipinski definition) is 3. The number of piperazine rings is 1. The molecule has 16 heavy (non-hydrogen) atoms. The highest BCUT2D eigenvalue weighted by atomic mass is 16.3. The van der Waals surface area contributed by atoms with Crippen molar-refractivity contribution in [2.45, 2.75) is 58.0 Å². The summed E-state index contributed by atoms with van der Waals surface area (Å²) in [6, 6.07) is 0.314. The van der Waals surface area contributed by atoms with Gasteiger partial charge in [-0.1, -0.05) is 26.2 Å². The van der Waals surface area contributed by atoms with Crippen molar-refractivity contribution in [3.8, 4) is 0 Å². The Kier molecular flexibility index (Phi) is 5.73. The third-order valence-electron chi connectivity index (χ3n) is 3.44. The lowest BCUT2D eigenvalue weighted by atomic mass is 9.98. The minimum absolute atomic E-state index is 0.191. The van der Waals surface area contributed by atoms with Gasteiger partial charge in [0, 0.05) is 24.7 Å². The molecule has 0 bridgehead atoms. The molecule has 1 fully saturated rings. The number of nitrogens with one attached hydrogen (secondary N) is 1. The van der Waals surface area contributed by atoms with E-state index in [0.29, 0.717) is 6.04 Å². The second kappa shape index (κ2) is 6.58. The Labute approximate surface area is 100 Å². The van der Waals surface area contributed by atoms with Crippen LogP contribution in [0.5, 0.6) is 0 Å². The summed E-state index contributed by atoms with van der Waals surface area (Å²) < 4.78 is 0. The molecular weight excluding hydrogens is 200 g/mol. The van der Waals surface area contributed by atoms with Crippen LogP contribution in [0.15, 0.2) is 0 Å². The highest BCUT2D eigenvalue weighted by molar-refractivity contribution is 4.91. The second-order valence-corrected chi connectivity index (χ2v) is 5.63. The minimum Gasteiger partial charge on any atom is -0.395 e. The zero-order valence-electron chi connectivity index (χ0n) is 11.1. The van der Waals surface area contributed by atoms with Gasteiger partial charge in [-0.05, 0) is 26.8 Å². The molecule has 0 aromatic carbocycles. The fourth-order valence-corrected chi connectivity index (χ4v) is 2.40. The van der Waals surface area contributed by atoms with Crippen LogP contribution in [-0.4, -0.2) is 47.8 Å². The number of aliphatic hydroxyl groups excluding tert-OH is 1. The monoisotopic (exact) mass is 228 g/mol. The lowest BCUT2D eigenvalue weighted by molar-refractivity contribution is 0.0558. The van der Waals surface area contributed by atoms with Crippen LogP contribution < -0.4 is 5.32 Å². The Morgan fingerprint density at radius 3 is 2.69 bits per heavy atom. The molecule has 1 aliphatic rings. The topological polar surface area (TPSA) is 35.5 Å². The number of unbranched alkanes of at least 4 members (excludes halogenated alkanes) is 3. The maximum Gasteiger partial charge on any atom is 0.0599 e. The van der Waals surface area contributed by atoms with E-state index < -0.39 is 0 Å². The maximum atomic E-state index is 9.35. The first-order valence-electron chi connectivity index (χ1n) is 6.69. The van der Waals surface area contributed by atoms with Crippen LogP contribution in [0.4, 0.5) is 0 Å². The quantitative estimate of drug-likeness (QED) is 0.678. The molecule has 96 valence electrons. The summed E-state index contributed by atoms with van der Waals surface area (Å²) >= 11 is 0. The smallest absolute Gasteiger partial charge is 0.0599 e. The van der Waals surface area contributed by atoms with Gasteiger partial charge in [0.1, 0.15) is 0 Å². The third kappa shape index (κ3) is 4.40. The van der Waals surface area contributed by atoms with Crippen molar-refractivity contribution in [3.05, 3.63) is 0 Å². The van der Waals surface area contributed by atoms with E-state index >= 15 is 0 Å². The molecule has 0 spiro atoms. The molecule has 0 amide bonds. The van der Waals surface area contributed by atoms with Gasteiger partial charge in [-0.3, -0.25) is 4.90 Å². The van der Waals surface area contributed by atoms with Crippen molar-refractivity contribution in [2.24, 2.45) is 0 Å². The molecule has 2 N–H and O–H groups in total. The Balaban J connectivity index is 2.34. The second-order valence-electron chi connectivity index (χ2n) is 5.63. The predicted octanol–water partition coefficient (Wildman–Crippen LogP) is 1.61. The Morgan fingerprint density at radius 1 is 1.31 bits per heavy atom. The van der Waals surface area contributed by atoms with E-state index in [1.807, 2.05) is 0 Å². The number of hydrogen-bond donors (Lipinski definition) is 2. The van der Waals surface area contributed by atoms with Gasteiger partial charge in [-0.2, -0.15) is 0 Å². The van der Waals surface area contributed by atoms with Gasteiger partial charge in [0.05, 0.1) is 6.61 Å². The van der Waals surface area contributed by atoms with Crippen molar-refractivity contribution < 1.29 is 5.11 Å². The summed E-state index contributed by atoms with van der Waals surface area (Å²) in [4.78, 5) is 2.45. The van der Waals surface area contributed by atoms with E-state index in [4.69, 9.17) is 0 Å². The Morgan fingerprint density at radius 2 is 2.06 bits per heavy atom. The SMILES string of the molecule is CCCCCCN1CC(C)(C)NCC1CO. The summed E-state index contributed by atoms with van der Waals surface area (Å²) in [5.41, 5.74) is 0.191. The van der Waals surface area contributed by atoms with Crippen LogP contribution in [-0.2, 0) is 0 Å². The average Bonchev–Trinajstić information content (AvgIpc) is 2.24. The van der Waals surface area contributed by atoms with Gasteiger partial charge in [0.25, 0.3) is 0 Å². The molecule has 0 aliphatic carbocycles. The van der Waals surface area contributed by atoms with E-state index in [1.54, 1.807) is 0 Å². The maximum absolute atomic E-state index is 9.35. The van der Waals surface area contributed by atoms with Gasteiger partial charge in [-0.25, -0.2) is 0 Å². The highest BCUT2D eigenvalue weighted by Crippen LogP contribution is 2.16. The summed E-state index contributed by atoms with van der Waals surface area (Å²) in [5, 5.41) is 12.8. The first-order chi connectivity index (χ1) is 7.59. The molecule has 1 rings (SSSR count). The first-order valence-corrected chi connectivity index (χ1v) is 6.69. The van der Waals surface area contributed by atoms with Crippen LogP contribution in [0.1, 0.15) is 46.5 Å². The number of aliphatic hydroxyl groups is 1. The molecule has 3 heteroatoms. The van der Waals surface area contributed by atoms with Crippen molar-refractivity contribution in [2.75, 3.05) is 26.2 Å². The molecule has 3 nitrogen and oxygen atoms in total. The van der Waals surface area contributed by atoms with E-state index in [0.717, 1.165) is 19.6 Å². The van der Waals surface area contributed by atoms with Crippen molar-refractivity contribution in [1.82, 2.24) is 10.2 Å². The van der Waals surface area contributed by atoms with Crippen LogP contribution in [0.3, 0.4) is 0 Å². The van der Waals surface area contributed by atoms with Crippen LogP contribution >= 0.6 is 0 Å². The summed E-state index contributed by atoms with van der Waals surface area (Å²) in [7, 11) is 0. The highest BCUT2D eigenvalue weighted by Gasteiger charge is 2.31. The number of nitrogens with zero attached hydrogens (tertiary/aromatic N) is 1. The minimum atomic E-state index is 0.191.